The molecular weight excluding hydrogens is 212 g/mol. The molecule has 2 N–H and O–H groups in total. The molecule has 0 aromatic heterocycles. The van der Waals surface area contributed by atoms with Gasteiger partial charge in [-0.05, 0) is 37.8 Å². The SMILES string of the molecule is CN1CC2(CCCCC2)Oc2cc(N)ccc21. The molecule has 1 heterocycles. The number of likely N-dealkylation sites (N-methyl/N-ethyl adjacent to an activating group) is 1. The van der Waals surface area contributed by atoms with E-state index in [0.29, 0.717) is 0 Å². The van der Waals surface area contributed by atoms with Crippen LogP contribution in [0.15, 0.2) is 18.2 Å². The minimum atomic E-state index is 0.0355. The fourth-order valence-electron chi connectivity index (χ4n) is 3.17. The predicted molar refractivity (Wildman–Crippen MR) is 70.6 cm³/mol. The molecule has 1 aliphatic heterocycles. The standard InChI is InChI=1S/C14H20N2O/c1-16-10-14(7-3-2-4-8-14)17-13-9-11(15)5-6-12(13)16/h5-6,9H,2-4,7-8,10,15H2,1H3. The Balaban J connectivity index is 1.95. The van der Waals surface area contributed by atoms with E-state index in [-0.39, 0.29) is 5.60 Å². The van der Waals surface area contributed by atoms with E-state index in [1.165, 1.54) is 32.1 Å². The highest BCUT2D eigenvalue weighted by Crippen LogP contribution is 2.42. The molecule has 3 rings (SSSR count). The van der Waals surface area contributed by atoms with Crippen molar-refractivity contribution in [2.45, 2.75) is 37.7 Å². The van der Waals surface area contributed by atoms with Crippen molar-refractivity contribution >= 4 is 11.4 Å². The van der Waals surface area contributed by atoms with Gasteiger partial charge in [-0.1, -0.05) is 6.42 Å². The van der Waals surface area contributed by atoms with E-state index in [4.69, 9.17) is 10.5 Å². The molecule has 0 saturated heterocycles. The molecule has 0 bridgehead atoms. The lowest BCUT2D eigenvalue weighted by Crippen LogP contribution is -2.50. The average Bonchev–Trinajstić information content (AvgIpc) is 2.29. The Morgan fingerprint density at radius 1 is 1.24 bits per heavy atom. The van der Waals surface area contributed by atoms with Crippen molar-refractivity contribution in [3.63, 3.8) is 0 Å². The molecule has 1 aromatic carbocycles. The van der Waals surface area contributed by atoms with Crippen LogP contribution in [-0.2, 0) is 0 Å². The van der Waals surface area contributed by atoms with Crippen molar-refractivity contribution in [3.05, 3.63) is 18.2 Å². The summed E-state index contributed by atoms with van der Waals surface area (Å²) in [6.45, 7) is 1.00. The van der Waals surface area contributed by atoms with Crippen molar-refractivity contribution in [1.29, 1.82) is 0 Å². The molecule has 1 saturated carbocycles. The van der Waals surface area contributed by atoms with Crippen LogP contribution in [0.25, 0.3) is 0 Å². The molecule has 2 aliphatic rings. The maximum atomic E-state index is 6.29. The van der Waals surface area contributed by atoms with Gasteiger partial charge < -0.3 is 15.4 Å². The minimum Gasteiger partial charge on any atom is -0.483 e. The molecule has 3 heteroatoms. The van der Waals surface area contributed by atoms with Crippen molar-refractivity contribution in [2.24, 2.45) is 0 Å². The third-order valence-electron chi connectivity index (χ3n) is 4.01. The van der Waals surface area contributed by atoms with Crippen molar-refractivity contribution in [3.8, 4) is 5.75 Å². The fraction of sp³-hybridized carbons (Fsp3) is 0.571. The Morgan fingerprint density at radius 2 is 2.00 bits per heavy atom. The summed E-state index contributed by atoms with van der Waals surface area (Å²) in [5.74, 6) is 0.959. The molecule has 0 unspecified atom stereocenters. The highest BCUT2D eigenvalue weighted by Gasteiger charge is 2.39. The van der Waals surface area contributed by atoms with E-state index in [1.807, 2.05) is 12.1 Å². The summed E-state index contributed by atoms with van der Waals surface area (Å²) in [6.07, 6.45) is 6.26. The molecule has 1 aromatic rings. The minimum absolute atomic E-state index is 0.0355. The van der Waals surface area contributed by atoms with Gasteiger partial charge in [-0.15, -0.1) is 0 Å². The topological polar surface area (TPSA) is 38.5 Å². The molecule has 17 heavy (non-hydrogen) atoms. The van der Waals surface area contributed by atoms with Gasteiger partial charge in [0, 0.05) is 18.8 Å². The zero-order chi connectivity index (χ0) is 11.9. The number of anilines is 2. The monoisotopic (exact) mass is 232 g/mol. The van der Waals surface area contributed by atoms with Gasteiger partial charge in [-0.2, -0.15) is 0 Å². The molecule has 1 fully saturated rings. The first-order valence-electron chi connectivity index (χ1n) is 6.48. The third kappa shape index (κ3) is 1.84. The summed E-state index contributed by atoms with van der Waals surface area (Å²) in [5, 5.41) is 0. The van der Waals surface area contributed by atoms with Crippen LogP contribution < -0.4 is 15.4 Å². The second-order valence-corrected chi connectivity index (χ2v) is 5.43. The molecular formula is C14H20N2O. The number of nitrogens with two attached hydrogens (primary N) is 1. The molecule has 1 spiro atoms. The largest absolute Gasteiger partial charge is 0.483 e. The Labute approximate surface area is 103 Å². The second kappa shape index (κ2) is 3.83. The van der Waals surface area contributed by atoms with Gasteiger partial charge in [0.15, 0.2) is 0 Å². The first kappa shape index (κ1) is 10.8. The average molecular weight is 232 g/mol. The van der Waals surface area contributed by atoms with Crippen molar-refractivity contribution < 1.29 is 4.74 Å². The van der Waals surface area contributed by atoms with Crippen molar-refractivity contribution in [1.82, 2.24) is 0 Å². The van der Waals surface area contributed by atoms with E-state index >= 15 is 0 Å². The zero-order valence-corrected chi connectivity index (χ0v) is 10.4. The van der Waals surface area contributed by atoms with Gasteiger partial charge >= 0.3 is 0 Å². The summed E-state index contributed by atoms with van der Waals surface area (Å²) in [7, 11) is 2.15. The zero-order valence-electron chi connectivity index (χ0n) is 10.4. The van der Waals surface area contributed by atoms with E-state index in [1.54, 1.807) is 0 Å². The smallest absolute Gasteiger partial charge is 0.145 e. The number of hydrogen-bond acceptors (Lipinski definition) is 3. The van der Waals surface area contributed by atoms with E-state index in [2.05, 4.69) is 18.0 Å². The van der Waals surface area contributed by atoms with E-state index in [9.17, 15) is 0 Å². The van der Waals surface area contributed by atoms with Gasteiger partial charge in [0.1, 0.15) is 11.4 Å². The van der Waals surface area contributed by atoms with Crippen LogP contribution >= 0.6 is 0 Å². The predicted octanol–water partition coefficient (Wildman–Crippen LogP) is 2.80. The number of rotatable bonds is 0. The highest BCUT2D eigenvalue weighted by molar-refractivity contribution is 5.65. The first-order chi connectivity index (χ1) is 8.19. The normalized spacial score (nSPS) is 22.1. The Bertz CT molecular complexity index is 424. The third-order valence-corrected chi connectivity index (χ3v) is 4.01. The van der Waals surface area contributed by atoms with Crippen LogP contribution in [0, 0.1) is 0 Å². The van der Waals surface area contributed by atoms with Crippen molar-refractivity contribution in [2.75, 3.05) is 24.2 Å². The first-order valence-corrected chi connectivity index (χ1v) is 6.48. The summed E-state index contributed by atoms with van der Waals surface area (Å²) in [5.41, 5.74) is 7.83. The van der Waals surface area contributed by atoms with Crippen LogP contribution in [0.1, 0.15) is 32.1 Å². The summed E-state index contributed by atoms with van der Waals surface area (Å²) < 4.78 is 6.29. The Morgan fingerprint density at radius 3 is 2.76 bits per heavy atom. The number of nitrogens with zero attached hydrogens (tertiary/aromatic N) is 1. The Kier molecular flexibility index (Phi) is 2.42. The lowest BCUT2D eigenvalue weighted by molar-refractivity contribution is 0.0300. The van der Waals surface area contributed by atoms with E-state index < -0.39 is 0 Å². The van der Waals surface area contributed by atoms with Crippen LogP contribution in [0.5, 0.6) is 5.75 Å². The van der Waals surface area contributed by atoms with Crippen LogP contribution in [0.3, 0.4) is 0 Å². The summed E-state index contributed by atoms with van der Waals surface area (Å²) >= 11 is 0. The molecule has 3 nitrogen and oxygen atoms in total. The van der Waals surface area contributed by atoms with Gasteiger partial charge in [0.05, 0.1) is 12.2 Å². The van der Waals surface area contributed by atoms with Gasteiger partial charge in [0.2, 0.25) is 0 Å². The second-order valence-electron chi connectivity index (χ2n) is 5.43. The number of nitrogen functional groups attached to an aromatic ring is 1. The van der Waals surface area contributed by atoms with Gasteiger partial charge in [0.25, 0.3) is 0 Å². The van der Waals surface area contributed by atoms with Crippen LogP contribution in [-0.4, -0.2) is 19.2 Å². The molecule has 0 radical (unpaired) electrons. The molecule has 92 valence electrons. The lowest BCUT2D eigenvalue weighted by atomic mass is 9.83. The Hall–Kier alpha value is -1.38. The number of ether oxygens (including phenoxy) is 1. The van der Waals surface area contributed by atoms with Crippen LogP contribution in [0.2, 0.25) is 0 Å². The number of hydrogen-bond donors (Lipinski definition) is 1. The van der Waals surface area contributed by atoms with Gasteiger partial charge in [-0.3, -0.25) is 0 Å². The van der Waals surface area contributed by atoms with E-state index in [0.717, 1.165) is 23.7 Å². The fourth-order valence-corrected chi connectivity index (χ4v) is 3.17. The maximum absolute atomic E-state index is 6.29. The molecule has 0 atom stereocenters. The summed E-state index contributed by atoms with van der Waals surface area (Å²) in [4.78, 5) is 2.31. The number of benzene rings is 1. The summed E-state index contributed by atoms with van der Waals surface area (Å²) in [6, 6.07) is 5.96. The van der Waals surface area contributed by atoms with Gasteiger partial charge in [-0.25, -0.2) is 0 Å². The molecule has 0 amide bonds. The highest BCUT2D eigenvalue weighted by atomic mass is 16.5. The molecule has 1 aliphatic carbocycles. The van der Waals surface area contributed by atoms with Crippen LogP contribution in [0.4, 0.5) is 11.4 Å². The quantitative estimate of drug-likeness (QED) is 0.699. The maximum Gasteiger partial charge on any atom is 0.145 e. The number of fused-ring (bicyclic) bond motifs is 1. The lowest BCUT2D eigenvalue weighted by Gasteiger charge is -2.45.